The summed E-state index contributed by atoms with van der Waals surface area (Å²) in [6.45, 7) is 6.58. The molecule has 2 N–H and O–H groups in total. The van der Waals surface area contributed by atoms with Crippen molar-refractivity contribution in [3.63, 3.8) is 0 Å². The van der Waals surface area contributed by atoms with Gasteiger partial charge in [-0.05, 0) is 19.1 Å². The number of ether oxygens (including phenoxy) is 1. The first-order chi connectivity index (χ1) is 13.1. The zero-order valence-electron chi connectivity index (χ0n) is 15.5. The maximum Gasteiger partial charge on any atom is 0.258 e. The summed E-state index contributed by atoms with van der Waals surface area (Å²) in [7, 11) is 0. The third-order valence-corrected chi connectivity index (χ3v) is 5.25. The van der Waals surface area contributed by atoms with E-state index in [1.54, 1.807) is 6.07 Å². The van der Waals surface area contributed by atoms with Crippen molar-refractivity contribution in [1.82, 2.24) is 25.1 Å². The molecule has 2 aliphatic rings. The fraction of sp³-hybridized carbons (Fsp3) is 0.526. The van der Waals surface area contributed by atoms with Crippen LogP contribution in [0, 0.1) is 0 Å². The van der Waals surface area contributed by atoms with Crippen molar-refractivity contribution in [2.75, 3.05) is 39.3 Å². The number of fused-ring (bicyclic) bond motifs is 1. The predicted octanol–water partition coefficient (Wildman–Crippen LogP) is -0.0558. The van der Waals surface area contributed by atoms with E-state index in [9.17, 15) is 9.59 Å². The standard InChI is InChI=1S/C19H25N5O3/c1-13-10-20-6-7-24(13)19(26)16-11-23(8-9-27-16)12-17-21-15-5-3-2-4-14(15)18(25)22-17/h2-5,13,16,20H,6-12H2,1H3,(H,21,22,25)/t13-,16-/m1/s1. The highest BCUT2D eigenvalue weighted by Crippen LogP contribution is 2.14. The number of benzene rings is 1. The number of carbonyl (C=O) groups is 1. The van der Waals surface area contributed by atoms with E-state index >= 15 is 0 Å². The first kappa shape index (κ1) is 18.1. The van der Waals surface area contributed by atoms with Gasteiger partial charge >= 0.3 is 0 Å². The number of para-hydroxylation sites is 1. The van der Waals surface area contributed by atoms with E-state index in [-0.39, 0.29) is 17.5 Å². The Labute approximate surface area is 157 Å². The second-order valence-electron chi connectivity index (χ2n) is 7.21. The van der Waals surface area contributed by atoms with Gasteiger partial charge in [-0.2, -0.15) is 0 Å². The predicted molar refractivity (Wildman–Crippen MR) is 101 cm³/mol. The summed E-state index contributed by atoms with van der Waals surface area (Å²) in [6, 6.07) is 7.48. The van der Waals surface area contributed by atoms with Crippen LogP contribution in [0.2, 0.25) is 0 Å². The fourth-order valence-corrected chi connectivity index (χ4v) is 3.77. The Balaban J connectivity index is 1.45. The van der Waals surface area contributed by atoms with Gasteiger partial charge in [-0.1, -0.05) is 12.1 Å². The third-order valence-electron chi connectivity index (χ3n) is 5.25. The molecule has 4 rings (SSSR count). The Hall–Kier alpha value is -2.29. The Morgan fingerprint density at radius 2 is 2.19 bits per heavy atom. The molecule has 0 bridgehead atoms. The molecule has 0 saturated carbocycles. The maximum atomic E-state index is 12.9. The zero-order chi connectivity index (χ0) is 18.8. The number of nitrogens with one attached hydrogen (secondary N) is 2. The van der Waals surface area contributed by atoms with Crippen molar-refractivity contribution in [2.24, 2.45) is 0 Å². The Morgan fingerprint density at radius 3 is 3.04 bits per heavy atom. The summed E-state index contributed by atoms with van der Waals surface area (Å²) in [5.41, 5.74) is 0.554. The monoisotopic (exact) mass is 371 g/mol. The average Bonchev–Trinajstić information content (AvgIpc) is 2.68. The molecule has 2 saturated heterocycles. The number of carbonyl (C=O) groups excluding carboxylic acids is 1. The van der Waals surface area contributed by atoms with Crippen LogP contribution in [0.5, 0.6) is 0 Å². The Kier molecular flexibility index (Phi) is 5.20. The van der Waals surface area contributed by atoms with Gasteiger partial charge in [0, 0.05) is 38.8 Å². The molecule has 27 heavy (non-hydrogen) atoms. The lowest BCUT2D eigenvalue weighted by Gasteiger charge is -2.39. The highest BCUT2D eigenvalue weighted by molar-refractivity contribution is 5.81. The van der Waals surface area contributed by atoms with Crippen LogP contribution >= 0.6 is 0 Å². The van der Waals surface area contributed by atoms with Gasteiger partial charge in [0.05, 0.1) is 24.1 Å². The van der Waals surface area contributed by atoms with Crippen LogP contribution in [-0.4, -0.2) is 77.2 Å². The van der Waals surface area contributed by atoms with Gasteiger partial charge in [0.2, 0.25) is 0 Å². The second kappa shape index (κ2) is 7.75. The molecule has 8 heteroatoms. The first-order valence-corrected chi connectivity index (χ1v) is 9.45. The molecule has 1 amide bonds. The van der Waals surface area contributed by atoms with Gasteiger partial charge in [0.25, 0.3) is 11.5 Å². The number of rotatable bonds is 3. The van der Waals surface area contributed by atoms with Gasteiger partial charge < -0.3 is 19.9 Å². The molecule has 2 aromatic rings. The van der Waals surface area contributed by atoms with E-state index in [0.717, 1.165) is 13.1 Å². The van der Waals surface area contributed by atoms with Gasteiger partial charge in [0.1, 0.15) is 11.9 Å². The molecule has 2 fully saturated rings. The van der Waals surface area contributed by atoms with Crippen LogP contribution in [0.15, 0.2) is 29.1 Å². The number of hydrogen-bond acceptors (Lipinski definition) is 6. The van der Waals surface area contributed by atoms with Crippen LogP contribution in [0.1, 0.15) is 12.7 Å². The van der Waals surface area contributed by atoms with Crippen molar-refractivity contribution in [2.45, 2.75) is 25.6 Å². The minimum Gasteiger partial charge on any atom is -0.366 e. The molecule has 0 unspecified atom stereocenters. The molecule has 2 atom stereocenters. The number of morpholine rings is 1. The van der Waals surface area contributed by atoms with Crippen LogP contribution < -0.4 is 10.9 Å². The largest absolute Gasteiger partial charge is 0.366 e. The number of nitrogens with zero attached hydrogens (tertiary/aromatic N) is 3. The number of hydrogen-bond donors (Lipinski definition) is 2. The van der Waals surface area contributed by atoms with Crippen molar-refractivity contribution in [3.05, 3.63) is 40.4 Å². The zero-order valence-corrected chi connectivity index (χ0v) is 15.5. The van der Waals surface area contributed by atoms with Crippen molar-refractivity contribution in [1.29, 1.82) is 0 Å². The molecule has 0 spiro atoms. The fourth-order valence-electron chi connectivity index (χ4n) is 3.77. The van der Waals surface area contributed by atoms with E-state index in [0.29, 0.717) is 49.5 Å². The number of H-pyrrole nitrogens is 1. The summed E-state index contributed by atoms with van der Waals surface area (Å²) in [5.74, 6) is 0.663. The lowest BCUT2D eigenvalue weighted by atomic mass is 10.1. The highest BCUT2D eigenvalue weighted by Gasteiger charge is 2.33. The Bertz CT molecular complexity index is 883. The lowest BCUT2D eigenvalue weighted by molar-refractivity contribution is -0.152. The smallest absolute Gasteiger partial charge is 0.258 e. The maximum absolute atomic E-state index is 12.9. The second-order valence-corrected chi connectivity index (χ2v) is 7.21. The molecule has 0 aliphatic carbocycles. The van der Waals surface area contributed by atoms with E-state index in [1.807, 2.05) is 30.0 Å². The van der Waals surface area contributed by atoms with E-state index < -0.39 is 6.10 Å². The van der Waals surface area contributed by atoms with Crippen LogP contribution in [0.4, 0.5) is 0 Å². The van der Waals surface area contributed by atoms with E-state index in [4.69, 9.17) is 4.74 Å². The Morgan fingerprint density at radius 1 is 1.33 bits per heavy atom. The van der Waals surface area contributed by atoms with Gasteiger partial charge in [-0.15, -0.1) is 0 Å². The van der Waals surface area contributed by atoms with Gasteiger partial charge in [-0.3, -0.25) is 14.5 Å². The van der Waals surface area contributed by atoms with Crippen LogP contribution in [-0.2, 0) is 16.1 Å². The third kappa shape index (κ3) is 3.87. The summed E-state index contributed by atoms with van der Waals surface area (Å²) in [4.78, 5) is 36.6. The SMILES string of the molecule is C[C@@H]1CNCCN1C(=O)[C@H]1CN(Cc2nc3ccccc3c(=O)[nH]2)CCO1. The molecule has 3 heterocycles. The molecule has 0 radical (unpaired) electrons. The van der Waals surface area contributed by atoms with Gasteiger partial charge in [-0.25, -0.2) is 4.98 Å². The minimum absolute atomic E-state index is 0.0497. The number of piperazine rings is 1. The number of aromatic amines is 1. The summed E-state index contributed by atoms with van der Waals surface area (Å²) < 4.78 is 5.76. The van der Waals surface area contributed by atoms with Gasteiger partial charge in [0.15, 0.2) is 0 Å². The van der Waals surface area contributed by atoms with Crippen molar-refractivity contribution in [3.8, 4) is 0 Å². The van der Waals surface area contributed by atoms with Crippen LogP contribution in [0.3, 0.4) is 0 Å². The van der Waals surface area contributed by atoms with Crippen molar-refractivity contribution >= 4 is 16.8 Å². The summed E-state index contributed by atoms with van der Waals surface area (Å²) in [6.07, 6.45) is -0.466. The quantitative estimate of drug-likeness (QED) is 0.786. The lowest BCUT2D eigenvalue weighted by Crippen LogP contribution is -2.58. The van der Waals surface area contributed by atoms with Crippen molar-refractivity contribution < 1.29 is 9.53 Å². The molecular formula is C19H25N5O3. The highest BCUT2D eigenvalue weighted by atomic mass is 16.5. The molecule has 8 nitrogen and oxygen atoms in total. The van der Waals surface area contributed by atoms with E-state index in [1.165, 1.54) is 0 Å². The molecule has 2 aliphatic heterocycles. The molecule has 1 aromatic heterocycles. The summed E-state index contributed by atoms with van der Waals surface area (Å²) >= 11 is 0. The topological polar surface area (TPSA) is 90.6 Å². The molecule has 1 aromatic carbocycles. The number of aromatic nitrogens is 2. The molecular weight excluding hydrogens is 346 g/mol. The van der Waals surface area contributed by atoms with Crippen LogP contribution in [0.25, 0.3) is 10.9 Å². The molecule has 144 valence electrons. The average molecular weight is 371 g/mol. The number of amides is 1. The van der Waals surface area contributed by atoms with E-state index in [2.05, 4.69) is 20.2 Å². The normalized spacial score (nSPS) is 24.3. The summed E-state index contributed by atoms with van der Waals surface area (Å²) in [5, 5.41) is 3.88. The first-order valence-electron chi connectivity index (χ1n) is 9.45. The minimum atomic E-state index is -0.466.